The zero-order chi connectivity index (χ0) is 42.0. The van der Waals surface area contributed by atoms with Gasteiger partial charge in [-0.1, -0.05) is 72.8 Å². The Hall–Kier alpha value is -4.76. The number of aliphatic carboxylic acids is 2. The molecule has 0 heterocycles. The van der Waals surface area contributed by atoms with Gasteiger partial charge in [-0.3, -0.25) is 0 Å². The molecule has 0 saturated carbocycles. The molecule has 0 aliphatic heterocycles. The SMILES string of the molecule is CSCCSCC(COc1ccc(C2(c3ccc(OCC(CSCCSC)OC(=O)/C=C\C(=O)O)cc3)c3ccccc3-c3ccccc32)cc1)OC(=O)/C=C\C(=O)O. The molecule has 0 spiro atoms. The lowest BCUT2D eigenvalue weighted by molar-refractivity contribution is -0.144. The summed E-state index contributed by atoms with van der Waals surface area (Å²) in [5.41, 5.74) is 5.82. The Bertz CT molecular complexity index is 1940. The van der Waals surface area contributed by atoms with Crippen molar-refractivity contribution in [3.63, 3.8) is 0 Å². The van der Waals surface area contributed by atoms with E-state index in [1.165, 1.54) is 0 Å². The average molecular weight is 875 g/mol. The molecule has 4 aromatic rings. The Balaban J connectivity index is 1.40. The van der Waals surface area contributed by atoms with E-state index in [0.717, 1.165) is 80.7 Å². The fourth-order valence-electron chi connectivity index (χ4n) is 6.64. The molecule has 59 heavy (non-hydrogen) atoms. The van der Waals surface area contributed by atoms with Gasteiger partial charge < -0.3 is 29.2 Å². The monoisotopic (exact) mass is 874 g/mol. The van der Waals surface area contributed by atoms with Gasteiger partial charge in [0.05, 0.1) is 5.41 Å². The van der Waals surface area contributed by atoms with E-state index in [-0.39, 0.29) is 13.2 Å². The van der Waals surface area contributed by atoms with Crippen molar-refractivity contribution >= 4 is 70.9 Å². The van der Waals surface area contributed by atoms with Gasteiger partial charge in [0.2, 0.25) is 0 Å². The first-order valence-corrected chi connectivity index (χ1v) is 23.8. The van der Waals surface area contributed by atoms with Crippen LogP contribution in [0.2, 0.25) is 0 Å². The third kappa shape index (κ3) is 12.6. The third-order valence-corrected chi connectivity index (χ3v) is 13.1. The summed E-state index contributed by atoms with van der Waals surface area (Å²) >= 11 is 6.72. The van der Waals surface area contributed by atoms with E-state index in [9.17, 15) is 19.2 Å². The fraction of sp³-hybridized carbons (Fsp3) is 0.289. The van der Waals surface area contributed by atoms with E-state index >= 15 is 0 Å². The predicted octanol–water partition coefficient (Wildman–Crippen LogP) is 8.10. The lowest BCUT2D eigenvalue weighted by Crippen LogP contribution is -2.29. The van der Waals surface area contributed by atoms with Gasteiger partial charge >= 0.3 is 23.9 Å². The number of hydrogen-bond acceptors (Lipinski definition) is 12. The maximum atomic E-state index is 12.4. The molecule has 2 unspecified atom stereocenters. The minimum Gasteiger partial charge on any atom is -0.490 e. The highest BCUT2D eigenvalue weighted by Crippen LogP contribution is 2.56. The van der Waals surface area contributed by atoms with Crippen molar-refractivity contribution in [2.24, 2.45) is 0 Å². The van der Waals surface area contributed by atoms with Crippen LogP contribution in [0, 0.1) is 0 Å². The highest BCUT2D eigenvalue weighted by molar-refractivity contribution is 8.03. The van der Waals surface area contributed by atoms with Crippen molar-refractivity contribution in [3.8, 4) is 22.6 Å². The summed E-state index contributed by atoms with van der Waals surface area (Å²) in [6, 6.07) is 32.6. The summed E-state index contributed by atoms with van der Waals surface area (Å²) in [6.07, 6.45) is 6.18. The van der Waals surface area contributed by atoms with Crippen LogP contribution in [0.15, 0.2) is 121 Å². The normalized spacial score (nSPS) is 13.7. The van der Waals surface area contributed by atoms with Gasteiger partial charge in [0, 0.05) is 58.8 Å². The Morgan fingerprint density at radius 1 is 0.559 bits per heavy atom. The molecule has 0 saturated heterocycles. The van der Waals surface area contributed by atoms with E-state index in [4.69, 9.17) is 29.2 Å². The fourth-order valence-corrected chi connectivity index (χ4v) is 10.1. The van der Waals surface area contributed by atoms with Gasteiger partial charge in [-0.25, -0.2) is 19.2 Å². The van der Waals surface area contributed by atoms with Crippen LogP contribution in [0.25, 0.3) is 11.1 Å². The highest BCUT2D eigenvalue weighted by Gasteiger charge is 2.45. The van der Waals surface area contributed by atoms with E-state index in [2.05, 4.69) is 48.5 Å². The number of benzene rings is 4. The van der Waals surface area contributed by atoms with E-state index in [1.54, 1.807) is 47.0 Å². The van der Waals surface area contributed by atoms with Crippen molar-refractivity contribution in [2.45, 2.75) is 17.6 Å². The number of rotatable bonds is 24. The smallest absolute Gasteiger partial charge is 0.331 e. The quantitative estimate of drug-likeness (QED) is 0.0350. The molecule has 10 nitrogen and oxygen atoms in total. The van der Waals surface area contributed by atoms with Gasteiger partial charge in [0.25, 0.3) is 0 Å². The number of thioether (sulfide) groups is 4. The Labute approximate surface area is 361 Å². The van der Waals surface area contributed by atoms with Crippen LogP contribution in [0.3, 0.4) is 0 Å². The molecule has 5 rings (SSSR count). The molecule has 2 N–H and O–H groups in total. The first-order valence-electron chi connectivity index (χ1n) is 18.7. The highest BCUT2D eigenvalue weighted by atomic mass is 32.2. The molecule has 14 heteroatoms. The minimum atomic E-state index is -1.23. The van der Waals surface area contributed by atoms with Crippen molar-refractivity contribution in [1.82, 2.24) is 0 Å². The number of hydrogen-bond donors (Lipinski definition) is 2. The average Bonchev–Trinajstić information content (AvgIpc) is 3.54. The third-order valence-electron chi connectivity index (χ3n) is 9.16. The minimum absolute atomic E-state index is 0.0894. The van der Waals surface area contributed by atoms with Gasteiger partial charge in [-0.05, 0) is 70.2 Å². The molecular weight excluding hydrogens is 829 g/mol. The zero-order valence-electron chi connectivity index (χ0n) is 32.7. The molecule has 0 fully saturated rings. The van der Waals surface area contributed by atoms with Crippen LogP contribution in [-0.4, -0.2) is 107 Å². The number of carboxylic acids is 2. The number of carbonyl (C=O) groups excluding carboxylic acids is 2. The van der Waals surface area contributed by atoms with Gasteiger partial charge in [0.1, 0.15) is 36.9 Å². The zero-order valence-corrected chi connectivity index (χ0v) is 35.9. The standard InChI is InChI=1S/C45H46O10S4/c1-56-23-25-58-29-35(54-43(50)21-19-41(46)47)27-52-33-15-11-31(12-16-33)45(39-9-5-3-7-37(39)38-8-4-6-10-40(38)45)32-13-17-34(18-14-32)53-28-36(30-59-26-24-57-2)55-44(51)22-20-42(48)49/h3-22,35-36H,23-30H2,1-2H3,(H,46,47)(H,48,49)/b21-19-,22-20-. The summed E-state index contributed by atoms with van der Waals surface area (Å²) in [7, 11) is 0. The second-order valence-corrected chi connectivity index (χ2v) is 17.4. The Morgan fingerprint density at radius 2 is 0.949 bits per heavy atom. The number of ether oxygens (including phenoxy) is 4. The second kappa shape index (κ2) is 23.1. The molecule has 4 aromatic carbocycles. The van der Waals surface area contributed by atoms with Crippen LogP contribution in [-0.2, 0) is 34.1 Å². The number of esters is 2. The van der Waals surface area contributed by atoms with Gasteiger partial charge in [-0.15, -0.1) is 0 Å². The maximum Gasteiger partial charge on any atom is 0.331 e. The molecule has 0 radical (unpaired) electrons. The summed E-state index contributed by atoms with van der Waals surface area (Å²) in [5, 5.41) is 17.9. The number of fused-ring (bicyclic) bond motifs is 3. The van der Waals surface area contributed by atoms with Gasteiger partial charge in [-0.2, -0.15) is 47.0 Å². The molecule has 2 atom stereocenters. The van der Waals surface area contributed by atoms with Crippen LogP contribution < -0.4 is 9.47 Å². The van der Waals surface area contributed by atoms with Crippen molar-refractivity contribution in [1.29, 1.82) is 0 Å². The molecular formula is C45H46O10S4. The van der Waals surface area contributed by atoms with Crippen molar-refractivity contribution in [3.05, 3.63) is 144 Å². The second-order valence-electron chi connectivity index (χ2n) is 13.1. The molecule has 0 aromatic heterocycles. The molecule has 1 aliphatic rings. The van der Waals surface area contributed by atoms with Crippen LogP contribution >= 0.6 is 47.0 Å². The van der Waals surface area contributed by atoms with Crippen LogP contribution in [0.1, 0.15) is 22.3 Å². The maximum absolute atomic E-state index is 12.4. The number of carboxylic acid groups (broad SMARTS) is 2. The lowest BCUT2D eigenvalue weighted by Gasteiger charge is -2.34. The van der Waals surface area contributed by atoms with Gasteiger partial charge in [0.15, 0.2) is 0 Å². The topological polar surface area (TPSA) is 146 Å². The first kappa shape index (κ1) is 45.3. The van der Waals surface area contributed by atoms with E-state index in [0.29, 0.717) is 23.0 Å². The summed E-state index contributed by atoms with van der Waals surface area (Å²) in [6.45, 7) is 0.179. The van der Waals surface area contributed by atoms with E-state index < -0.39 is 41.5 Å². The molecule has 1 aliphatic carbocycles. The Morgan fingerprint density at radius 3 is 1.32 bits per heavy atom. The summed E-state index contributed by atoms with van der Waals surface area (Å²) < 4.78 is 23.5. The molecule has 0 amide bonds. The Kier molecular flexibility index (Phi) is 17.8. The van der Waals surface area contributed by atoms with Crippen molar-refractivity contribution in [2.75, 3.05) is 60.2 Å². The van der Waals surface area contributed by atoms with Crippen LogP contribution in [0.5, 0.6) is 11.5 Å². The van der Waals surface area contributed by atoms with Crippen LogP contribution in [0.4, 0.5) is 0 Å². The predicted molar refractivity (Wildman–Crippen MR) is 239 cm³/mol. The molecule has 0 bridgehead atoms. The van der Waals surface area contributed by atoms with E-state index in [1.807, 2.05) is 61.0 Å². The summed E-state index contributed by atoms with van der Waals surface area (Å²) in [5.74, 6) is 1.84. The van der Waals surface area contributed by atoms with Crippen molar-refractivity contribution < 1.29 is 48.3 Å². The molecule has 310 valence electrons. The first-order chi connectivity index (χ1) is 28.6. The lowest BCUT2D eigenvalue weighted by atomic mass is 9.68. The largest absolute Gasteiger partial charge is 0.490 e. The summed E-state index contributed by atoms with van der Waals surface area (Å²) in [4.78, 5) is 46.6. The number of carbonyl (C=O) groups is 4.